The summed E-state index contributed by atoms with van der Waals surface area (Å²) in [5, 5.41) is 2.54. The molecular weight excluding hydrogens is 210 g/mol. The summed E-state index contributed by atoms with van der Waals surface area (Å²) >= 11 is 0. The van der Waals surface area contributed by atoms with Crippen LogP contribution in [0.25, 0.3) is 10.8 Å². The van der Waals surface area contributed by atoms with Crippen molar-refractivity contribution in [3.05, 3.63) is 42.2 Å². The van der Waals surface area contributed by atoms with Crippen LogP contribution in [0.15, 0.2) is 36.5 Å². The molecule has 1 heterocycles. The Balaban J connectivity index is 2.32. The number of nitrogens with zero attached hydrogens (tertiary/aromatic N) is 1. The van der Waals surface area contributed by atoms with Crippen molar-refractivity contribution in [2.24, 2.45) is 0 Å². The molecule has 0 bridgehead atoms. The van der Waals surface area contributed by atoms with Crippen LogP contribution in [-0.2, 0) is 0 Å². The molecule has 83 valence electrons. The highest BCUT2D eigenvalue weighted by molar-refractivity contribution is 6.55. The van der Waals surface area contributed by atoms with E-state index in [2.05, 4.69) is 55.3 Å². The van der Waals surface area contributed by atoms with E-state index in [1.807, 2.05) is 6.20 Å². The molecule has 1 radical (unpaired) electrons. The molecule has 0 aliphatic rings. The summed E-state index contributed by atoms with van der Waals surface area (Å²) in [7, 11) is -0.174. The summed E-state index contributed by atoms with van der Waals surface area (Å²) in [5.74, 6) is 0.591. The Morgan fingerprint density at radius 1 is 1.19 bits per heavy atom. The average Bonchev–Trinajstić information content (AvgIpc) is 2.27. The van der Waals surface area contributed by atoms with Crippen molar-refractivity contribution in [1.29, 1.82) is 0 Å². The number of hydrogen-bond acceptors (Lipinski definition) is 1. The molecule has 16 heavy (non-hydrogen) atoms. The van der Waals surface area contributed by atoms with E-state index >= 15 is 0 Å². The largest absolute Gasteiger partial charge is 0.260 e. The number of rotatable bonds is 3. The lowest BCUT2D eigenvalue weighted by molar-refractivity contribution is 0.815. The van der Waals surface area contributed by atoms with E-state index in [-0.39, 0.29) is 8.80 Å². The van der Waals surface area contributed by atoms with E-state index in [4.69, 9.17) is 0 Å². The van der Waals surface area contributed by atoms with Crippen molar-refractivity contribution in [2.75, 3.05) is 0 Å². The summed E-state index contributed by atoms with van der Waals surface area (Å²) in [6.07, 6.45) is 2.00. The maximum Gasteiger partial charge on any atom is 0.0435 e. The summed E-state index contributed by atoms with van der Waals surface area (Å²) in [5.41, 5.74) is 1.24. The molecule has 0 saturated carbocycles. The Kier molecular flexibility index (Phi) is 3.39. The highest BCUT2D eigenvalue weighted by Gasteiger charge is 2.10. The zero-order valence-electron chi connectivity index (χ0n) is 10.2. The molecule has 0 saturated heterocycles. The molecule has 0 aliphatic carbocycles. The normalized spacial score (nSPS) is 13.2. The Labute approximate surface area is 99.1 Å². The summed E-state index contributed by atoms with van der Waals surface area (Å²) in [4.78, 5) is 4.58. The molecule has 0 aliphatic heterocycles. The van der Waals surface area contributed by atoms with E-state index in [0.29, 0.717) is 5.92 Å². The molecule has 1 aromatic carbocycles. The second-order valence-corrected chi connectivity index (χ2v) is 7.59. The van der Waals surface area contributed by atoms with Gasteiger partial charge in [0, 0.05) is 26.1 Å². The van der Waals surface area contributed by atoms with Crippen molar-refractivity contribution < 1.29 is 0 Å². The number of pyridine rings is 1. The first-order chi connectivity index (χ1) is 7.66. The lowest BCUT2D eigenvalue weighted by Gasteiger charge is -2.13. The number of benzene rings is 1. The minimum atomic E-state index is -0.174. The van der Waals surface area contributed by atoms with E-state index < -0.39 is 0 Å². The van der Waals surface area contributed by atoms with Gasteiger partial charge in [-0.2, -0.15) is 0 Å². The lowest BCUT2D eigenvalue weighted by atomic mass is 10.1. The van der Waals surface area contributed by atoms with Crippen LogP contribution in [0.3, 0.4) is 0 Å². The molecule has 0 spiro atoms. The number of aromatic nitrogens is 1. The fraction of sp³-hybridized carbons (Fsp3) is 0.357. The van der Waals surface area contributed by atoms with Crippen LogP contribution in [0.1, 0.15) is 18.5 Å². The summed E-state index contributed by atoms with van der Waals surface area (Å²) in [6, 6.07) is 12.0. The van der Waals surface area contributed by atoms with Crippen LogP contribution < -0.4 is 0 Å². The Morgan fingerprint density at radius 2 is 1.88 bits per heavy atom. The summed E-state index contributed by atoms with van der Waals surface area (Å²) in [6.45, 7) is 7.01. The smallest absolute Gasteiger partial charge is 0.0435 e. The van der Waals surface area contributed by atoms with Crippen molar-refractivity contribution in [3.8, 4) is 0 Å². The standard InChI is InChI=1S/C14H18NSi/c1-11(10-16(2)3)14-8-12-6-4-5-7-13(12)9-15-14/h4-9,11H,10H2,1-3H3. The van der Waals surface area contributed by atoms with E-state index in [1.165, 1.54) is 22.5 Å². The Hall–Kier alpha value is -1.15. The summed E-state index contributed by atoms with van der Waals surface area (Å²) < 4.78 is 0. The minimum Gasteiger partial charge on any atom is -0.260 e. The molecule has 1 atom stereocenters. The van der Waals surface area contributed by atoms with Crippen molar-refractivity contribution in [1.82, 2.24) is 4.98 Å². The van der Waals surface area contributed by atoms with Crippen molar-refractivity contribution in [2.45, 2.75) is 32.0 Å². The van der Waals surface area contributed by atoms with Gasteiger partial charge in [0.2, 0.25) is 0 Å². The second kappa shape index (κ2) is 4.79. The van der Waals surface area contributed by atoms with Gasteiger partial charge in [0.1, 0.15) is 0 Å². The molecule has 0 amide bonds. The molecule has 2 aromatic rings. The van der Waals surface area contributed by atoms with Gasteiger partial charge in [-0.05, 0) is 17.4 Å². The predicted molar refractivity (Wildman–Crippen MR) is 72.4 cm³/mol. The molecule has 1 unspecified atom stereocenters. The molecule has 0 N–H and O–H groups in total. The first-order valence-electron chi connectivity index (χ1n) is 5.80. The number of fused-ring (bicyclic) bond motifs is 1. The van der Waals surface area contributed by atoms with Crippen molar-refractivity contribution in [3.63, 3.8) is 0 Å². The van der Waals surface area contributed by atoms with Gasteiger partial charge in [0.15, 0.2) is 0 Å². The molecule has 2 heteroatoms. The van der Waals surface area contributed by atoms with Gasteiger partial charge in [0.25, 0.3) is 0 Å². The van der Waals surface area contributed by atoms with Crippen LogP contribution >= 0.6 is 0 Å². The van der Waals surface area contributed by atoms with Gasteiger partial charge in [-0.3, -0.25) is 4.98 Å². The van der Waals surface area contributed by atoms with Crippen LogP contribution in [0.4, 0.5) is 0 Å². The average molecular weight is 228 g/mol. The topological polar surface area (TPSA) is 12.9 Å². The third-order valence-electron chi connectivity index (χ3n) is 2.87. The third kappa shape index (κ3) is 2.50. The molecule has 0 fully saturated rings. The van der Waals surface area contributed by atoms with Gasteiger partial charge in [-0.15, -0.1) is 0 Å². The van der Waals surface area contributed by atoms with Crippen LogP contribution in [-0.4, -0.2) is 13.8 Å². The quantitative estimate of drug-likeness (QED) is 0.721. The molecular formula is C14H18NSi. The van der Waals surface area contributed by atoms with Crippen molar-refractivity contribution >= 4 is 19.6 Å². The van der Waals surface area contributed by atoms with Gasteiger partial charge in [-0.1, -0.05) is 50.3 Å². The molecule has 1 nitrogen and oxygen atoms in total. The Bertz CT molecular complexity index is 479. The van der Waals surface area contributed by atoms with E-state index in [9.17, 15) is 0 Å². The van der Waals surface area contributed by atoms with Crippen LogP contribution in [0, 0.1) is 0 Å². The lowest BCUT2D eigenvalue weighted by Crippen LogP contribution is -2.06. The van der Waals surface area contributed by atoms with Crippen LogP contribution in [0.2, 0.25) is 19.1 Å². The molecule has 1 aromatic heterocycles. The van der Waals surface area contributed by atoms with Gasteiger partial charge < -0.3 is 0 Å². The minimum absolute atomic E-state index is 0.174. The van der Waals surface area contributed by atoms with Crippen LogP contribution in [0.5, 0.6) is 0 Å². The Morgan fingerprint density at radius 3 is 2.56 bits per heavy atom. The fourth-order valence-corrected chi connectivity index (χ4v) is 3.52. The fourth-order valence-electron chi connectivity index (χ4n) is 2.09. The zero-order valence-corrected chi connectivity index (χ0v) is 11.2. The van der Waals surface area contributed by atoms with Gasteiger partial charge in [-0.25, -0.2) is 0 Å². The third-order valence-corrected chi connectivity index (χ3v) is 4.30. The first kappa shape index (κ1) is 11.3. The monoisotopic (exact) mass is 228 g/mol. The predicted octanol–water partition coefficient (Wildman–Crippen LogP) is 4.09. The number of hydrogen-bond donors (Lipinski definition) is 0. The highest BCUT2D eigenvalue weighted by Crippen LogP contribution is 2.22. The SMILES string of the molecule is CC(C[Si](C)C)c1cc2ccccc2cn1. The highest BCUT2D eigenvalue weighted by atomic mass is 28.3. The molecule has 2 rings (SSSR count). The van der Waals surface area contributed by atoms with Gasteiger partial charge >= 0.3 is 0 Å². The first-order valence-corrected chi connectivity index (χ1v) is 8.51. The van der Waals surface area contributed by atoms with E-state index in [1.54, 1.807) is 0 Å². The second-order valence-electron chi connectivity index (χ2n) is 4.77. The van der Waals surface area contributed by atoms with E-state index in [0.717, 1.165) is 0 Å². The van der Waals surface area contributed by atoms with Gasteiger partial charge in [0.05, 0.1) is 0 Å². The maximum absolute atomic E-state index is 4.58. The zero-order chi connectivity index (χ0) is 11.5. The maximum atomic E-state index is 4.58.